The molecule has 0 radical (unpaired) electrons. The van der Waals surface area contributed by atoms with Crippen molar-refractivity contribution in [2.75, 3.05) is 6.61 Å². The van der Waals surface area contributed by atoms with Crippen molar-refractivity contribution in [1.29, 1.82) is 0 Å². The van der Waals surface area contributed by atoms with E-state index in [-0.39, 0.29) is 12.0 Å². The van der Waals surface area contributed by atoms with Crippen LogP contribution >= 0.6 is 0 Å². The Morgan fingerprint density at radius 3 is 2.05 bits per heavy atom. The highest BCUT2D eigenvalue weighted by atomic mass is 19.4. The highest BCUT2D eigenvalue weighted by Crippen LogP contribution is 2.36. The molecule has 0 aromatic carbocycles. The van der Waals surface area contributed by atoms with Gasteiger partial charge in [0.15, 0.2) is 0 Å². The van der Waals surface area contributed by atoms with Crippen molar-refractivity contribution in [3.05, 3.63) is 12.2 Å². The molecule has 1 unspecified atom stereocenters. The van der Waals surface area contributed by atoms with Crippen LogP contribution in [0, 0.1) is 0 Å². The first-order chi connectivity index (χ1) is 8.93. The summed E-state index contributed by atoms with van der Waals surface area (Å²) in [6, 6.07) is 0. The maximum absolute atomic E-state index is 12.5. The third kappa shape index (κ3) is 4.78. The van der Waals surface area contributed by atoms with Crippen molar-refractivity contribution >= 4 is 11.9 Å². The predicted molar refractivity (Wildman–Crippen MR) is 56.9 cm³/mol. The van der Waals surface area contributed by atoms with Crippen molar-refractivity contribution in [3.63, 3.8) is 0 Å². The van der Waals surface area contributed by atoms with Crippen molar-refractivity contribution in [2.24, 2.45) is 0 Å². The second kappa shape index (κ2) is 6.67. The Kier molecular flexibility index (Phi) is 6.11. The Bertz CT molecular complexity index is 389. The smallest absolute Gasteiger partial charge is 0.457 e. The normalized spacial score (nSPS) is 13.6. The lowest BCUT2D eigenvalue weighted by molar-refractivity contribution is -0.281. The number of hydrogen-bond donors (Lipinski definition) is 0. The van der Waals surface area contributed by atoms with Crippen LogP contribution in [0.2, 0.25) is 0 Å². The van der Waals surface area contributed by atoms with Crippen molar-refractivity contribution in [2.45, 2.75) is 38.5 Å². The number of alkyl halides is 5. The molecule has 0 aliphatic rings. The molecule has 0 rings (SSSR count). The molecule has 0 saturated heterocycles. The van der Waals surface area contributed by atoms with Gasteiger partial charge in [0.2, 0.25) is 0 Å². The molecule has 0 aromatic rings. The van der Waals surface area contributed by atoms with Gasteiger partial charge in [-0.05, 0) is 13.3 Å². The molecule has 0 aliphatic carbocycles. The SMILES string of the molecule is C=C(C)C(=O)OC(CC)COC(=O)C(F)(F)C(F)(F)F. The Morgan fingerprint density at radius 1 is 1.20 bits per heavy atom. The van der Waals surface area contributed by atoms with E-state index in [0.717, 1.165) is 0 Å². The Morgan fingerprint density at radius 2 is 1.70 bits per heavy atom. The van der Waals surface area contributed by atoms with E-state index < -0.39 is 36.7 Å². The first-order valence-corrected chi connectivity index (χ1v) is 5.41. The van der Waals surface area contributed by atoms with Crippen LogP contribution in [0.25, 0.3) is 0 Å². The van der Waals surface area contributed by atoms with Crippen molar-refractivity contribution < 1.29 is 41.0 Å². The van der Waals surface area contributed by atoms with Crippen molar-refractivity contribution in [3.8, 4) is 0 Å². The summed E-state index contributed by atoms with van der Waals surface area (Å²) in [5.41, 5.74) is 0.00963. The Balaban J connectivity index is 4.56. The van der Waals surface area contributed by atoms with Crippen LogP contribution < -0.4 is 0 Å². The zero-order valence-corrected chi connectivity index (χ0v) is 10.7. The third-order valence-corrected chi connectivity index (χ3v) is 2.09. The molecule has 20 heavy (non-hydrogen) atoms. The summed E-state index contributed by atoms with van der Waals surface area (Å²) in [7, 11) is 0. The van der Waals surface area contributed by atoms with Crippen LogP contribution in [0.4, 0.5) is 22.0 Å². The maximum Gasteiger partial charge on any atom is 0.465 e. The summed E-state index contributed by atoms with van der Waals surface area (Å²) in [6.07, 6.45) is -7.11. The van der Waals surface area contributed by atoms with Crippen LogP contribution in [-0.2, 0) is 19.1 Å². The van der Waals surface area contributed by atoms with Gasteiger partial charge in [-0.2, -0.15) is 22.0 Å². The third-order valence-electron chi connectivity index (χ3n) is 2.09. The van der Waals surface area contributed by atoms with Gasteiger partial charge in [-0.3, -0.25) is 0 Å². The fourth-order valence-electron chi connectivity index (χ4n) is 0.862. The molecule has 0 spiro atoms. The van der Waals surface area contributed by atoms with E-state index in [0.29, 0.717) is 0 Å². The van der Waals surface area contributed by atoms with E-state index in [9.17, 15) is 31.5 Å². The highest BCUT2D eigenvalue weighted by Gasteiger charge is 2.65. The van der Waals surface area contributed by atoms with Crippen molar-refractivity contribution in [1.82, 2.24) is 0 Å². The van der Waals surface area contributed by atoms with E-state index in [1.165, 1.54) is 13.8 Å². The molecule has 9 heteroatoms. The number of carbonyl (C=O) groups excluding carboxylic acids is 2. The molecule has 1 atom stereocenters. The number of esters is 2. The molecular weight excluding hydrogens is 291 g/mol. The van der Waals surface area contributed by atoms with Gasteiger partial charge in [-0.15, -0.1) is 0 Å². The number of rotatable bonds is 6. The Hall–Kier alpha value is -1.67. The van der Waals surface area contributed by atoms with E-state index >= 15 is 0 Å². The van der Waals surface area contributed by atoms with Crippen LogP contribution in [0.1, 0.15) is 20.3 Å². The lowest BCUT2D eigenvalue weighted by Gasteiger charge is -2.20. The van der Waals surface area contributed by atoms with E-state index in [1.807, 2.05) is 0 Å². The van der Waals surface area contributed by atoms with Crippen LogP contribution in [0.3, 0.4) is 0 Å². The number of carbonyl (C=O) groups is 2. The lowest BCUT2D eigenvalue weighted by Crippen LogP contribution is -2.46. The highest BCUT2D eigenvalue weighted by molar-refractivity contribution is 5.87. The summed E-state index contributed by atoms with van der Waals surface area (Å²) in [5, 5.41) is 0. The van der Waals surface area contributed by atoms with Gasteiger partial charge in [0, 0.05) is 5.57 Å². The van der Waals surface area contributed by atoms with E-state index in [4.69, 9.17) is 0 Å². The Labute approximate surface area is 111 Å². The molecule has 0 bridgehead atoms. The van der Waals surface area contributed by atoms with Gasteiger partial charge in [0.25, 0.3) is 0 Å². The fraction of sp³-hybridized carbons (Fsp3) is 0.636. The number of ether oxygens (including phenoxy) is 2. The molecule has 0 amide bonds. The summed E-state index contributed by atoms with van der Waals surface area (Å²) in [4.78, 5) is 21.8. The first-order valence-electron chi connectivity index (χ1n) is 5.41. The summed E-state index contributed by atoms with van der Waals surface area (Å²) < 4.78 is 69.2. The van der Waals surface area contributed by atoms with Gasteiger partial charge in [0.1, 0.15) is 12.7 Å². The summed E-state index contributed by atoms with van der Waals surface area (Å²) >= 11 is 0. The van der Waals surface area contributed by atoms with Gasteiger partial charge in [0.05, 0.1) is 0 Å². The van der Waals surface area contributed by atoms with Crippen LogP contribution in [-0.4, -0.2) is 36.7 Å². The summed E-state index contributed by atoms with van der Waals surface area (Å²) in [5.74, 6) is -9.21. The minimum Gasteiger partial charge on any atom is -0.457 e. The van der Waals surface area contributed by atoms with E-state index in [2.05, 4.69) is 16.1 Å². The zero-order chi connectivity index (χ0) is 16.1. The molecule has 0 N–H and O–H groups in total. The molecule has 0 heterocycles. The van der Waals surface area contributed by atoms with Gasteiger partial charge in [-0.25, -0.2) is 9.59 Å². The average molecular weight is 304 g/mol. The van der Waals surface area contributed by atoms with Crippen LogP contribution in [0.15, 0.2) is 12.2 Å². The van der Waals surface area contributed by atoms with Gasteiger partial charge >= 0.3 is 24.0 Å². The molecule has 116 valence electrons. The number of halogens is 5. The standard InChI is InChI=1S/C11H13F5O4/c1-4-7(20-8(17)6(2)3)5-19-9(18)10(12,13)11(14,15)16/h7H,2,4-5H2,1,3H3. The quantitative estimate of drug-likeness (QED) is 0.430. The second-order valence-corrected chi connectivity index (χ2v) is 3.89. The molecule has 0 fully saturated rings. The predicted octanol–water partition coefficient (Wildman–Crippen LogP) is 2.63. The summed E-state index contributed by atoms with van der Waals surface area (Å²) in [6.45, 7) is 5.14. The largest absolute Gasteiger partial charge is 0.465 e. The fourth-order valence-corrected chi connectivity index (χ4v) is 0.862. The first kappa shape index (κ1) is 18.3. The van der Waals surface area contributed by atoms with Gasteiger partial charge < -0.3 is 9.47 Å². The molecule has 0 aromatic heterocycles. The maximum atomic E-state index is 12.5. The monoisotopic (exact) mass is 304 g/mol. The molecule has 0 aliphatic heterocycles. The lowest BCUT2D eigenvalue weighted by atomic mass is 10.3. The molecular formula is C11H13F5O4. The number of hydrogen-bond acceptors (Lipinski definition) is 4. The zero-order valence-electron chi connectivity index (χ0n) is 10.7. The van der Waals surface area contributed by atoms with Crippen LogP contribution in [0.5, 0.6) is 0 Å². The molecule has 4 nitrogen and oxygen atoms in total. The molecule has 0 saturated carbocycles. The minimum atomic E-state index is -6.04. The topological polar surface area (TPSA) is 52.6 Å². The van der Waals surface area contributed by atoms with E-state index in [1.54, 1.807) is 0 Å². The minimum absolute atomic E-state index is 0.00963. The van der Waals surface area contributed by atoms with Gasteiger partial charge in [-0.1, -0.05) is 13.5 Å². The second-order valence-electron chi connectivity index (χ2n) is 3.89. The average Bonchev–Trinajstić information content (AvgIpc) is 2.31.